The van der Waals surface area contributed by atoms with Gasteiger partial charge in [-0.2, -0.15) is 0 Å². The van der Waals surface area contributed by atoms with Crippen LogP contribution in [0.1, 0.15) is 56.1 Å². The van der Waals surface area contributed by atoms with Gasteiger partial charge in [0, 0.05) is 31.3 Å². The molecule has 0 spiro atoms. The Morgan fingerprint density at radius 1 is 0.872 bits per heavy atom. The molecule has 0 aliphatic carbocycles. The molecular formula is C31H39N3O5. The van der Waals surface area contributed by atoms with Gasteiger partial charge in [-0.25, -0.2) is 4.79 Å². The van der Waals surface area contributed by atoms with Gasteiger partial charge in [-0.3, -0.25) is 14.4 Å². The highest BCUT2D eigenvalue weighted by Crippen LogP contribution is 2.25. The topological polar surface area (TPSA) is 116 Å². The molecule has 2 heterocycles. The molecule has 2 aromatic rings. The molecule has 4 unspecified atom stereocenters. The number of nitrogens with zero attached hydrogens (tertiary/aromatic N) is 1. The van der Waals surface area contributed by atoms with Gasteiger partial charge in [-0.15, -0.1) is 0 Å². The normalized spacial score (nSPS) is 20.7. The number of carboxylic acid groups (broad SMARTS) is 1. The number of ketones is 1. The molecule has 2 saturated heterocycles. The molecule has 0 bridgehead atoms. The molecule has 0 saturated carbocycles. The lowest BCUT2D eigenvalue weighted by Crippen LogP contribution is -2.50. The van der Waals surface area contributed by atoms with E-state index < -0.39 is 24.0 Å². The third-order valence-electron chi connectivity index (χ3n) is 7.74. The first kappa shape index (κ1) is 28.5. The number of Topliss-reactive ketones (excluding diaryl/α,β-unsaturated/α-hetero) is 1. The number of carboxylic acids is 1. The number of benzene rings is 2. The van der Waals surface area contributed by atoms with Gasteiger partial charge >= 0.3 is 5.97 Å². The second kappa shape index (κ2) is 14.0. The van der Waals surface area contributed by atoms with E-state index in [9.17, 15) is 24.3 Å². The quantitative estimate of drug-likeness (QED) is 0.386. The van der Waals surface area contributed by atoms with E-state index in [0.29, 0.717) is 32.2 Å². The highest BCUT2D eigenvalue weighted by Gasteiger charge is 2.38. The van der Waals surface area contributed by atoms with Crippen LogP contribution in [0.2, 0.25) is 0 Å². The summed E-state index contributed by atoms with van der Waals surface area (Å²) in [6.45, 7) is 1.19. The number of carbonyl (C=O) groups excluding carboxylic acids is 3. The number of nitrogens with one attached hydrogen (secondary N) is 2. The van der Waals surface area contributed by atoms with Crippen LogP contribution in [0, 0.1) is 5.92 Å². The maximum Gasteiger partial charge on any atom is 0.326 e. The van der Waals surface area contributed by atoms with Crippen molar-refractivity contribution in [2.45, 2.75) is 75.9 Å². The van der Waals surface area contributed by atoms with Crippen molar-refractivity contribution in [3.8, 4) is 0 Å². The van der Waals surface area contributed by atoms with Crippen LogP contribution in [-0.2, 0) is 32.0 Å². The molecule has 0 aromatic heterocycles. The van der Waals surface area contributed by atoms with Crippen LogP contribution in [-0.4, -0.2) is 64.8 Å². The second-order valence-corrected chi connectivity index (χ2v) is 10.8. The van der Waals surface area contributed by atoms with Gasteiger partial charge in [0.05, 0.1) is 6.04 Å². The Labute approximate surface area is 230 Å². The fourth-order valence-corrected chi connectivity index (χ4v) is 5.75. The van der Waals surface area contributed by atoms with Crippen LogP contribution in [0.4, 0.5) is 0 Å². The van der Waals surface area contributed by atoms with Crippen LogP contribution in [0.25, 0.3) is 0 Å². The van der Waals surface area contributed by atoms with E-state index in [0.717, 1.165) is 36.9 Å². The molecule has 39 heavy (non-hydrogen) atoms. The minimum absolute atomic E-state index is 0.000590. The maximum atomic E-state index is 13.6. The monoisotopic (exact) mass is 533 g/mol. The Kier molecular flexibility index (Phi) is 10.3. The summed E-state index contributed by atoms with van der Waals surface area (Å²) in [5.41, 5.74) is 1.94. The number of rotatable bonds is 12. The summed E-state index contributed by atoms with van der Waals surface area (Å²) in [4.78, 5) is 53.3. The van der Waals surface area contributed by atoms with E-state index in [1.54, 1.807) is 0 Å². The molecule has 4 atom stereocenters. The van der Waals surface area contributed by atoms with Crippen molar-refractivity contribution < 1.29 is 24.3 Å². The fourth-order valence-electron chi connectivity index (χ4n) is 5.75. The lowest BCUT2D eigenvalue weighted by atomic mass is 9.89. The average molecular weight is 534 g/mol. The SMILES string of the molecule is O=C(CC(Cc1ccccc1)NC(=O)C1CCCCN1)CC(Cc1ccccc1)C(=O)N1CCCC1C(=O)O. The number of likely N-dealkylation sites (tertiary alicyclic amines) is 1. The van der Waals surface area contributed by atoms with Crippen LogP contribution in [0.5, 0.6) is 0 Å². The van der Waals surface area contributed by atoms with Crippen LogP contribution >= 0.6 is 0 Å². The first-order valence-corrected chi connectivity index (χ1v) is 14.1. The van der Waals surface area contributed by atoms with Gasteiger partial charge in [0.1, 0.15) is 11.8 Å². The summed E-state index contributed by atoms with van der Waals surface area (Å²) in [5.74, 6) is -2.16. The molecule has 3 N–H and O–H groups in total. The molecule has 2 fully saturated rings. The molecule has 0 radical (unpaired) electrons. The zero-order valence-electron chi connectivity index (χ0n) is 22.4. The lowest BCUT2D eigenvalue weighted by Gasteiger charge is -2.28. The summed E-state index contributed by atoms with van der Waals surface area (Å²) in [7, 11) is 0. The summed E-state index contributed by atoms with van der Waals surface area (Å²) in [5, 5.41) is 16.0. The van der Waals surface area contributed by atoms with Crippen molar-refractivity contribution in [1.82, 2.24) is 15.5 Å². The van der Waals surface area contributed by atoms with E-state index in [-0.39, 0.29) is 36.5 Å². The molecule has 8 nitrogen and oxygen atoms in total. The molecular weight excluding hydrogens is 494 g/mol. The molecule has 2 aliphatic heterocycles. The minimum Gasteiger partial charge on any atom is -0.480 e. The Hall–Kier alpha value is -3.52. The Bertz CT molecular complexity index is 1120. The number of hydrogen-bond donors (Lipinski definition) is 3. The summed E-state index contributed by atoms with van der Waals surface area (Å²) in [6.07, 6.45) is 4.84. The lowest BCUT2D eigenvalue weighted by molar-refractivity contribution is -0.150. The van der Waals surface area contributed by atoms with Gasteiger partial charge in [0.15, 0.2) is 0 Å². The zero-order valence-corrected chi connectivity index (χ0v) is 22.4. The molecule has 2 aromatic carbocycles. The van der Waals surface area contributed by atoms with Crippen LogP contribution < -0.4 is 10.6 Å². The van der Waals surface area contributed by atoms with E-state index in [4.69, 9.17) is 0 Å². The van der Waals surface area contributed by atoms with Crippen molar-refractivity contribution in [3.05, 3.63) is 71.8 Å². The third kappa shape index (κ3) is 8.23. The van der Waals surface area contributed by atoms with Crippen LogP contribution in [0.3, 0.4) is 0 Å². The molecule has 208 valence electrons. The Morgan fingerprint density at radius 2 is 1.54 bits per heavy atom. The minimum atomic E-state index is -1.01. The fraction of sp³-hybridized carbons (Fsp3) is 0.484. The summed E-state index contributed by atoms with van der Waals surface area (Å²) < 4.78 is 0. The first-order chi connectivity index (χ1) is 18.9. The predicted molar refractivity (Wildman–Crippen MR) is 148 cm³/mol. The smallest absolute Gasteiger partial charge is 0.326 e. The van der Waals surface area contributed by atoms with Gasteiger partial charge in [0.25, 0.3) is 0 Å². The van der Waals surface area contributed by atoms with E-state index in [1.165, 1.54) is 4.90 Å². The second-order valence-electron chi connectivity index (χ2n) is 10.8. The Balaban J connectivity index is 1.48. The van der Waals surface area contributed by atoms with Gasteiger partial charge < -0.3 is 20.6 Å². The number of aliphatic carboxylic acids is 1. The van der Waals surface area contributed by atoms with Crippen molar-refractivity contribution in [1.29, 1.82) is 0 Å². The van der Waals surface area contributed by atoms with Gasteiger partial charge in [-0.1, -0.05) is 67.1 Å². The van der Waals surface area contributed by atoms with Crippen molar-refractivity contribution in [2.24, 2.45) is 5.92 Å². The van der Waals surface area contributed by atoms with Gasteiger partial charge in [0.2, 0.25) is 11.8 Å². The van der Waals surface area contributed by atoms with Gasteiger partial charge in [-0.05, 0) is 56.2 Å². The number of hydrogen-bond acceptors (Lipinski definition) is 5. The molecule has 8 heteroatoms. The molecule has 2 aliphatic rings. The third-order valence-corrected chi connectivity index (χ3v) is 7.74. The summed E-state index contributed by atoms with van der Waals surface area (Å²) in [6, 6.07) is 17.7. The first-order valence-electron chi connectivity index (χ1n) is 14.1. The van der Waals surface area contributed by atoms with Crippen molar-refractivity contribution in [3.63, 3.8) is 0 Å². The highest BCUT2D eigenvalue weighted by atomic mass is 16.4. The van der Waals surface area contributed by atoms with E-state index >= 15 is 0 Å². The van der Waals surface area contributed by atoms with E-state index in [2.05, 4.69) is 10.6 Å². The summed E-state index contributed by atoms with van der Waals surface area (Å²) >= 11 is 0. The number of piperidine rings is 1. The van der Waals surface area contributed by atoms with E-state index in [1.807, 2.05) is 60.7 Å². The number of carbonyl (C=O) groups is 4. The zero-order chi connectivity index (χ0) is 27.6. The molecule has 4 rings (SSSR count). The standard InChI is InChI=1S/C31H39N3O5/c35-26(21-25(19-23-12-5-2-6-13-23)33-29(36)27-14-7-8-16-32-27)20-24(18-22-10-3-1-4-11-22)30(37)34-17-9-15-28(34)31(38)39/h1-6,10-13,24-25,27-28,32H,7-9,14-21H2,(H,33,36)(H,38,39). The number of amides is 2. The van der Waals surface area contributed by atoms with Crippen LogP contribution in [0.15, 0.2) is 60.7 Å². The predicted octanol–water partition coefficient (Wildman–Crippen LogP) is 3.14. The highest BCUT2D eigenvalue weighted by molar-refractivity contribution is 5.90. The molecule has 2 amide bonds. The van der Waals surface area contributed by atoms with Crippen molar-refractivity contribution in [2.75, 3.05) is 13.1 Å². The Morgan fingerprint density at radius 3 is 2.15 bits per heavy atom. The largest absolute Gasteiger partial charge is 0.480 e. The van der Waals surface area contributed by atoms with Crippen molar-refractivity contribution >= 4 is 23.6 Å². The maximum absolute atomic E-state index is 13.6. The average Bonchev–Trinajstić information content (AvgIpc) is 3.44.